The third-order valence-electron chi connectivity index (χ3n) is 4.63. The third kappa shape index (κ3) is 12.4. The molecule has 0 aromatic rings. The van der Waals surface area contributed by atoms with Crippen LogP contribution in [0.2, 0.25) is 0 Å². The Morgan fingerprint density at radius 3 is 1.91 bits per heavy atom. The largest absolute Gasteiger partial charge is 0.481 e. The van der Waals surface area contributed by atoms with Crippen molar-refractivity contribution in [1.29, 1.82) is 0 Å². The van der Waals surface area contributed by atoms with Crippen molar-refractivity contribution >= 4 is 41.4 Å². The first-order valence-electron chi connectivity index (χ1n) is 10.6. The van der Waals surface area contributed by atoms with Gasteiger partial charge in [0, 0.05) is 6.42 Å². The summed E-state index contributed by atoms with van der Waals surface area (Å²) in [5.41, 5.74) is 5.70. The number of carboxylic acid groups (broad SMARTS) is 2. The van der Waals surface area contributed by atoms with E-state index >= 15 is 0 Å². The molecular formula is C20H36N4O8S. The van der Waals surface area contributed by atoms with Crippen molar-refractivity contribution in [1.82, 2.24) is 16.0 Å². The number of hydrogen-bond acceptors (Lipinski definition) is 8. The Kier molecular flexibility index (Phi) is 14.3. The zero-order valence-electron chi connectivity index (χ0n) is 19.4. The molecule has 0 aliphatic rings. The maximum atomic E-state index is 12.8. The maximum absolute atomic E-state index is 12.8. The predicted molar refractivity (Wildman–Crippen MR) is 122 cm³/mol. The summed E-state index contributed by atoms with van der Waals surface area (Å²) in [5, 5.41) is 35.2. The van der Waals surface area contributed by atoms with Crippen LogP contribution in [0.3, 0.4) is 0 Å². The van der Waals surface area contributed by atoms with Gasteiger partial charge in [0.25, 0.3) is 0 Å². The minimum Gasteiger partial charge on any atom is -0.481 e. The number of aliphatic hydroxyl groups is 1. The van der Waals surface area contributed by atoms with Crippen molar-refractivity contribution < 1.29 is 39.3 Å². The van der Waals surface area contributed by atoms with Crippen molar-refractivity contribution in [3.8, 4) is 0 Å². The summed E-state index contributed by atoms with van der Waals surface area (Å²) in [5.74, 6) is -4.28. The minimum atomic E-state index is -1.46. The Morgan fingerprint density at radius 1 is 0.879 bits per heavy atom. The monoisotopic (exact) mass is 492 g/mol. The molecule has 3 amide bonds. The third-order valence-corrected chi connectivity index (χ3v) is 5.28. The van der Waals surface area contributed by atoms with Crippen molar-refractivity contribution in [2.45, 2.75) is 76.7 Å². The fourth-order valence-corrected chi connectivity index (χ4v) is 3.28. The Morgan fingerprint density at radius 2 is 1.45 bits per heavy atom. The topological polar surface area (TPSA) is 208 Å². The van der Waals surface area contributed by atoms with Crippen LogP contribution < -0.4 is 21.7 Å². The van der Waals surface area contributed by atoms with Gasteiger partial charge in [-0.1, -0.05) is 13.8 Å². The Balaban J connectivity index is 5.35. The molecule has 0 aromatic carbocycles. The highest BCUT2D eigenvalue weighted by molar-refractivity contribution is 7.98. The molecule has 0 rings (SSSR count). The molecule has 13 heteroatoms. The van der Waals surface area contributed by atoms with Gasteiger partial charge in [0.15, 0.2) is 0 Å². The average molecular weight is 493 g/mol. The van der Waals surface area contributed by atoms with Crippen molar-refractivity contribution in [2.24, 2.45) is 11.7 Å². The zero-order chi connectivity index (χ0) is 25.7. The van der Waals surface area contributed by atoms with E-state index in [9.17, 15) is 34.2 Å². The number of aliphatic carboxylic acids is 2. The molecule has 0 aliphatic carbocycles. The van der Waals surface area contributed by atoms with Gasteiger partial charge >= 0.3 is 11.9 Å². The Bertz CT molecular complexity index is 689. The molecular weight excluding hydrogens is 456 g/mol. The van der Waals surface area contributed by atoms with E-state index in [0.717, 1.165) is 0 Å². The molecule has 0 spiro atoms. The first-order valence-corrected chi connectivity index (χ1v) is 12.0. The number of carboxylic acids is 2. The molecule has 0 saturated heterocycles. The zero-order valence-corrected chi connectivity index (χ0v) is 20.2. The summed E-state index contributed by atoms with van der Waals surface area (Å²) in [6, 6.07) is -4.90. The smallest absolute Gasteiger partial charge is 0.326 e. The molecule has 0 heterocycles. The van der Waals surface area contributed by atoms with Gasteiger partial charge in [0.2, 0.25) is 17.7 Å². The second kappa shape index (κ2) is 15.5. The molecule has 0 aliphatic heterocycles. The fraction of sp³-hybridized carbons (Fsp3) is 0.750. The molecule has 33 heavy (non-hydrogen) atoms. The predicted octanol–water partition coefficient (Wildman–Crippen LogP) is -1.10. The van der Waals surface area contributed by atoms with Gasteiger partial charge < -0.3 is 37.0 Å². The number of nitrogens with two attached hydrogens (primary N) is 1. The van der Waals surface area contributed by atoms with Gasteiger partial charge in [-0.25, -0.2) is 4.79 Å². The summed E-state index contributed by atoms with van der Waals surface area (Å²) >= 11 is 1.41. The van der Waals surface area contributed by atoms with Crippen LogP contribution in [-0.4, -0.2) is 87.3 Å². The highest BCUT2D eigenvalue weighted by Crippen LogP contribution is 2.08. The van der Waals surface area contributed by atoms with Crippen molar-refractivity contribution in [3.63, 3.8) is 0 Å². The van der Waals surface area contributed by atoms with Gasteiger partial charge in [-0.3, -0.25) is 19.2 Å². The van der Waals surface area contributed by atoms with Crippen LogP contribution in [0.25, 0.3) is 0 Å². The average Bonchev–Trinajstić information content (AvgIpc) is 2.71. The van der Waals surface area contributed by atoms with Gasteiger partial charge in [-0.05, 0) is 44.1 Å². The van der Waals surface area contributed by atoms with Crippen LogP contribution in [0.15, 0.2) is 0 Å². The van der Waals surface area contributed by atoms with Gasteiger partial charge in [0.1, 0.15) is 18.1 Å². The fourth-order valence-electron chi connectivity index (χ4n) is 2.81. The van der Waals surface area contributed by atoms with Crippen LogP contribution >= 0.6 is 11.8 Å². The number of carbonyl (C=O) groups excluding carboxylic acids is 3. The Hall–Kier alpha value is -2.38. The lowest BCUT2D eigenvalue weighted by Crippen LogP contribution is -2.60. The summed E-state index contributed by atoms with van der Waals surface area (Å²) < 4.78 is 0. The highest BCUT2D eigenvalue weighted by atomic mass is 32.2. The lowest BCUT2D eigenvalue weighted by molar-refractivity contribution is -0.143. The van der Waals surface area contributed by atoms with E-state index in [1.165, 1.54) is 18.7 Å². The first kappa shape index (κ1) is 30.6. The van der Waals surface area contributed by atoms with Crippen LogP contribution in [-0.2, 0) is 24.0 Å². The molecule has 12 nitrogen and oxygen atoms in total. The van der Waals surface area contributed by atoms with E-state index in [2.05, 4.69) is 16.0 Å². The molecule has 0 saturated carbocycles. The van der Waals surface area contributed by atoms with Crippen molar-refractivity contribution in [3.05, 3.63) is 0 Å². The molecule has 5 unspecified atom stereocenters. The van der Waals surface area contributed by atoms with Crippen LogP contribution in [0.5, 0.6) is 0 Å². The summed E-state index contributed by atoms with van der Waals surface area (Å²) in [7, 11) is 0. The molecule has 0 aromatic heterocycles. The standard InChI is InChI=1S/C20H36N4O8S/c1-10(2)9-14(23-17(28)12(21)5-6-15(26)27)18(29)24-16(11(3)25)19(30)22-13(20(31)32)7-8-33-4/h10-14,16,25H,5-9,21H2,1-4H3,(H,22,30)(H,23,28)(H,24,29)(H,26,27)(H,31,32). The lowest BCUT2D eigenvalue weighted by Gasteiger charge is -2.27. The van der Waals surface area contributed by atoms with E-state index in [-0.39, 0.29) is 31.6 Å². The maximum Gasteiger partial charge on any atom is 0.326 e. The Labute approximate surface area is 197 Å². The molecule has 0 bridgehead atoms. The van der Waals surface area contributed by atoms with Gasteiger partial charge in [-0.2, -0.15) is 11.8 Å². The number of rotatable bonds is 16. The normalized spacial score (nSPS) is 15.6. The summed E-state index contributed by atoms with van der Waals surface area (Å²) in [6.07, 6.45) is 0.336. The SMILES string of the molecule is CSCCC(NC(=O)C(NC(=O)C(CC(C)C)NC(=O)C(N)CCC(=O)O)C(C)O)C(=O)O. The van der Waals surface area contributed by atoms with Crippen LogP contribution in [0, 0.1) is 5.92 Å². The molecule has 5 atom stereocenters. The number of carbonyl (C=O) groups is 5. The lowest BCUT2D eigenvalue weighted by atomic mass is 10.0. The highest BCUT2D eigenvalue weighted by Gasteiger charge is 2.32. The quantitative estimate of drug-likeness (QED) is 0.138. The summed E-state index contributed by atoms with van der Waals surface area (Å²) in [4.78, 5) is 59.8. The molecule has 190 valence electrons. The first-order chi connectivity index (χ1) is 15.3. The molecule has 0 radical (unpaired) electrons. The minimum absolute atomic E-state index is 0.0435. The molecule has 8 N–H and O–H groups in total. The van der Waals surface area contributed by atoms with Crippen LogP contribution in [0.4, 0.5) is 0 Å². The van der Waals surface area contributed by atoms with Crippen LogP contribution in [0.1, 0.15) is 46.5 Å². The second-order valence-electron chi connectivity index (χ2n) is 8.14. The van der Waals surface area contributed by atoms with E-state index in [0.29, 0.717) is 5.75 Å². The number of aliphatic hydroxyl groups excluding tert-OH is 1. The van der Waals surface area contributed by atoms with Gasteiger partial charge in [0.05, 0.1) is 12.1 Å². The van der Waals surface area contributed by atoms with Gasteiger partial charge in [-0.15, -0.1) is 0 Å². The van der Waals surface area contributed by atoms with E-state index < -0.39 is 59.9 Å². The second-order valence-corrected chi connectivity index (χ2v) is 9.12. The van der Waals surface area contributed by atoms with E-state index in [4.69, 9.17) is 10.8 Å². The van der Waals surface area contributed by atoms with E-state index in [1.807, 2.05) is 0 Å². The molecule has 0 fully saturated rings. The van der Waals surface area contributed by atoms with E-state index in [1.54, 1.807) is 20.1 Å². The summed E-state index contributed by atoms with van der Waals surface area (Å²) in [6.45, 7) is 4.87. The number of thioether (sulfide) groups is 1. The number of amides is 3. The number of nitrogens with one attached hydrogen (secondary N) is 3. The number of hydrogen-bond donors (Lipinski definition) is 7. The van der Waals surface area contributed by atoms with Crippen molar-refractivity contribution in [2.75, 3.05) is 12.0 Å².